The molecular formula is C24H32N3O2+. The Morgan fingerprint density at radius 1 is 0.966 bits per heavy atom. The molecule has 2 aromatic carbocycles. The van der Waals surface area contributed by atoms with E-state index in [2.05, 4.69) is 43.1 Å². The maximum atomic E-state index is 12.4. The van der Waals surface area contributed by atoms with E-state index in [1.807, 2.05) is 36.4 Å². The lowest BCUT2D eigenvalue weighted by atomic mass is 9.87. The molecule has 1 amide bonds. The van der Waals surface area contributed by atoms with Crippen molar-refractivity contribution in [3.63, 3.8) is 0 Å². The Balaban J connectivity index is 1.47. The summed E-state index contributed by atoms with van der Waals surface area (Å²) < 4.78 is 0. The maximum Gasteiger partial charge on any atom is 0.279 e. The number of nitrogens with zero attached hydrogens (tertiary/aromatic N) is 1. The molecule has 0 atom stereocenters. The van der Waals surface area contributed by atoms with Gasteiger partial charge < -0.3 is 15.1 Å². The number of carbonyl (C=O) groups excluding carboxylic acids is 2. The number of amides is 1. The van der Waals surface area contributed by atoms with Gasteiger partial charge in [0.25, 0.3) is 5.91 Å². The summed E-state index contributed by atoms with van der Waals surface area (Å²) in [5, 5.41) is 3.02. The van der Waals surface area contributed by atoms with Crippen LogP contribution in [0.2, 0.25) is 0 Å². The monoisotopic (exact) mass is 394 g/mol. The van der Waals surface area contributed by atoms with Gasteiger partial charge in [-0.1, -0.05) is 32.9 Å². The van der Waals surface area contributed by atoms with Crippen molar-refractivity contribution in [1.82, 2.24) is 0 Å². The van der Waals surface area contributed by atoms with Crippen LogP contribution in [0.15, 0.2) is 48.5 Å². The fourth-order valence-electron chi connectivity index (χ4n) is 3.65. The van der Waals surface area contributed by atoms with Crippen LogP contribution in [0, 0.1) is 0 Å². The van der Waals surface area contributed by atoms with Gasteiger partial charge in [-0.05, 0) is 54.3 Å². The number of benzene rings is 2. The van der Waals surface area contributed by atoms with Gasteiger partial charge in [0.2, 0.25) is 0 Å². The van der Waals surface area contributed by atoms with Crippen LogP contribution < -0.4 is 15.1 Å². The molecule has 5 nitrogen and oxygen atoms in total. The standard InChI is InChI=1S/C24H31N3O2/c1-18(28)19-5-11-22(12-6-19)27-15-13-26(14-16-27)17-23(29)25-21-9-7-20(8-10-21)24(2,3)4/h5-12H,13-17H2,1-4H3,(H,25,29)/p+1. The molecule has 0 bridgehead atoms. The Morgan fingerprint density at radius 2 is 1.55 bits per heavy atom. The van der Waals surface area contributed by atoms with Gasteiger partial charge >= 0.3 is 0 Å². The number of anilines is 2. The summed E-state index contributed by atoms with van der Waals surface area (Å²) >= 11 is 0. The highest BCUT2D eigenvalue weighted by atomic mass is 16.2. The van der Waals surface area contributed by atoms with E-state index in [1.54, 1.807) is 6.92 Å². The lowest BCUT2D eigenvalue weighted by Gasteiger charge is -2.33. The predicted molar refractivity (Wildman–Crippen MR) is 118 cm³/mol. The summed E-state index contributed by atoms with van der Waals surface area (Å²) in [6.07, 6.45) is 0. The molecule has 0 saturated carbocycles. The van der Waals surface area contributed by atoms with E-state index in [4.69, 9.17) is 0 Å². The number of quaternary nitrogens is 1. The van der Waals surface area contributed by atoms with Crippen LogP contribution in [0.5, 0.6) is 0 Å². The van der Waals surface area contributed by atoms with Gasteiger partial charge in [-0.25, -0.2) is 0 Å². The zero-order chi connectivity index (χ0) is 21.0. The second-order valence-electron chi connectivity index (χ2n) is 8.89. The number of ketones is 1. The number of rotatable bonds is 5. The van der Waals surface area contributed by atoms with Crippen molar-refractivity contribution >= 4 is 23.1 Å². The molecular weight excluding hydrogens is 362 g/mol. The van der Waals surface area contributed by atoms with E-state index in [1.165, 1.54) is 10.5 Å². The summed E-state index contributed by atoms with van der Waals surface area (Å²) in [6.45, 7) is 12.3. The summed E-state index contributed by atoms with van der Waals surface area (Å²) in [5.74, 6) is 0.146. The molecule has 1 aliphatic rings. The van der Waals surface area contributed by atoms with Crippen molar-refractivity contribution in [2.24, 2.45) is 0 Å². The molecule has 1 saturated heterocycles. The van der Waals surface area contributed by atoms with Crippen LogP contribution in [-0.4, -0.2) is 44.4 Å². The fraction of sp³-hybridized carbons (Fsp3) is 0.417. The molecule has 5 heteroatoms. The minimum atomic E-state index is 0.0581. The van der Waals surface area contributed by atoms with Gasteiger partial charge in [-0.15, -0.1) is 0 Å². The van der Waals surface area contributed by atoms with Crippen molar-refractivity contribution in [1.29, 1.82) is 0 Å². The quantitative estimate of drug-likeness (QED) is 0.767. The van der Waals surface area contributed by atoms with E-state index >= 15 is 0 Å². The molecule has 0 aliphatic carbocycles. The van der Waals surface area contributed by atoms with Crippen molar-refractivity contribution < 1.29 is 14.5 Å². The molecule has 29 heavy (non-hydrogen) atoms. The van der Waals surface area contributed by atoms with Crippen LogP contribution in [0.3, 0.4) is 0 Å². The van der Waals surface area contributed by atoms with Crippen LogP contribution >= 0.6 is 0 Å². The fourth-order valence-corrected chi connectivity index (χ4v) is 3.65. The first kappa shape index (κ1) is 21.1. The minimum Gasteiger partial charge on any atom is -0.360 e. The summed E-state index contributed by atoms with van der Waals surface area (Å²) in [6, 6.07) is 15.9. The second kappa shape index (κ2) is 8.78. The Bertz CT molecular complexity index is 843. The van der Waals surface area contributed by atoms with Gasteiger partial charge in [0, 0.05) is 16.9 Å². The first-order valence-corrected chi connectivity index (χ1v) is 10.3. The van der Waals surface area contributed by atoms with Gasteiger partial charge in [-0.2, -0.15) is 0 Å². The number of piperazine rings is 1. The minimum absolute atomic E-state index is 0.0581. The molecule has 154 valence electrons. The van der Waals surface area contributed by atoms with Gasteiger partial charge in [-0.3, -0.25) is 9.59 Å². The van der Waals surface area contributed by atoms with Crippen molar-refractivity contribution in [3.05, 3.63) is 59.7 Å². The molecule has 1 fully saturated rings. The number of Topliss-reactive ketones (excluding diaryl/α,β-unsaturated/α-hetero) is 1. The summed E-state index contributed by atoms with van der Waals surface area (Å²) in [7, 11) is 0. The van der Waals surface area contributed by atoms with Crippen LogP contribution in [0.4, 0.5) is 11.4 Å². The molecule has 0 unspecified atom stereocenters. The Kier molecular flexibility index (Phi) is 6.38. The highest BCUT2D eigenvalue weighted by Gasteiger charge is 2.22. The largest absolute Gasteiger partial charge is 0.360 e. The van der Waals surface area contributed by atoms with Crippen molar-refractivity contribution in [2.75, 3.05) is 42.9 Å². The normalized spacial score (nSPS) is 15.2. The maximum absolute atomic E-state index is 12.4. The van der Waals surface area contributed by atoms with Crippen LogP contribution in [-0.2, 0) is 10.2 Å². The SMILES string of the molecule is CC(=O)c1ccc(N2CC[NH+](CC(=O)Nc3ccc(C(C)(C)C)cc3)CC2)cc1. The first-order valence-electron chi connectivity index (χ1n) is 10.3. The number of nitrogens with one attached hydrogen (secondary N) is 2. The van der Waals surface area contributed by atoms with E-state index in [0.717, 1.165) is 43.1 Å². The van der Waals surface area contributed by atoms with E-state index in [0.29, 0.717) is 6.54 Å². The third-order valence-corrected chi connectivity index (χ3v) is 5.55. The van der Waals surface area contributed by atoms with E-state index in [9.17, 15) is 9.59 Å². The molecule has 1 aliphatic heterocycles. The molecule has 2 aromatic rings. The average Bonchev–Trinajstić information content (AvgIpc) is 2.68. The molecule has 1 heterocycles. The van der Waals surface area contributed by atoms with Crippen molar-refractivity contribution in [3.8, 4) is 0 Å². The zero-order valence-electron chi connectivity index (χ0n) is 17.9. The molecule has 0 aromatic heterocycles. The predicted octanol–water partition coefficient (Wildman–Crippen LogP) is 2.53. The topological polar surface area (TPSA) is 53.9 Å². The van der Waals surface area contributed by atoms with Gasteiger partial charge in [0.1, 0.15) is 0 Å². The van der Waals surface area contributed by atoms with Gasteiger partial charge in [0.05, 0.1) is 26.2 Å². The smallest absolute Gasteiger partial charge is 0.279 e. The van der Waals surface area contributed by atoms with Crippen LogP contribution in [0.1, 0.15) is 43.6 Å². The Labute approximate surface area is 173 Å². The summed E-state index contributed by atoms with van der Waals surface area (Å²) in [4.78, 5) is 27.5. The summed E-state index contributed by atoms with van der Waals surface area (Å²) in [5.41, 5.74) is 4.10. The average molecular weight is 395 g/mol. The van der Waals surface area contributed by atoms with Crippen LogP contribution in [0.25, 0.3) is 0 Å². The number of carbonyl (C=O) groups is 2. The Morgan fingerprint density at radius 3 is 2.07 bits per heavy atom. The molecule has 3 rings (SSSR count). The molecule has 2 N–H and O–H groups in total. The Hall–Kier alpha value is -2.66. The van der Waals surface area contributed by atoms with E-state index < -0.39 is 0 Å². The highest BCUT2D eigenvalue weighted by molar-refractivity contribution is 5.94. The number of hydrogen-bond acceptors (Lipinski definition) is 3. The van der Waals surface area contributed by atoms with Gasteiger partial charge in [0.15, 0.2) is 12.3 Å². The zero-order valence-corrected chi connectivity index (χ0v) is 17.9. The second-order valence-corrected chi connectivity index (χ2v) is 8.89. The highest BCUT2D eigenvalue weighted by Crippen LogP contribution is 2.23. The molecule has 0 spiro atoms. The first-order chi connectivity index (χ1) is 13.7. The van der Waals surface area contributed by atoms with E-state index in [-0.39, 0.29) is 17.1 Å². The lowest BCUT2D eigenvalue weighted by molar-refractivity contribution is -0.892. The third kappa shape index (κ3) is 5.67. The third-order valence-electron chi connectivity index (χ3n) is 5.55. The lowest BCUT2D eigenvalue weighted by Crippen LogP contribution is -3.15. The molecule has 0 radical (unpaired) electrons. The van der Waals surface area contributed by atoms with Crippen molar-refractivity contribution in [2.45, 2.75) is 33.1 Å². The number of hydrogen-bond donors (Lipinski definition) is 2.